The van der Waals surface area contributed by atoms with Gasteiger partial charge in [0, 0.05) is 11.5 Å². The number of methoxy groups -OCH3 is 1. The average molecular weight is 384 g/mol. The molecule has 0 spiro atoms. The number of hydrogen-bond acceptors (Lipinski definition) is 6. The smallest absolute Gasteiger partial charge is 0.437 e. The zero-order valence-electron chi connectivity index (χ0n) is 13.9. The molecule has 0 saturated carbocycles. The van der Waals surface area contributed by atoms with Crippen LogP contribution in [0, 0.1) is 0 Å². The van der Waals surface area contributed by atoms with Crippen LogP contribution in [0.1, 0.15) is 11.1 Å². The monoisotopic (exact) mass is 384 g/mol. The highest BCUT2D eigenvalue weighted by Gasteiger charge is 2.03. The van der Waals surface area contributed by atoms with Crippen molar-refractivity contribution < 1.29 is 27.2 Å². The molecular formula is C17H20O6S2. The van der Waals surface area contributed by atoms with E-state index in [-0.39, 0.29) is 0 Å². The third kappa shape index (κ3) is 11.2. The summed E-state index contributed by atoms with van der Waals surface area (Å²) >= 11 is 1.85. The first-order valence-corrected chi connectivity index (χ1v) is 10.2. The molecule has 2 rings (SSSR count). The molecule has 136 valence electrons. The van der Waals surface area contributed by atoms with E-state index < -0.39 is 16.3 Å². The molecule has 0 aliphatic heterocycles. The molecule has 0 aliphatic rings. The molecule has 8 heteroatoms. The van der Waals surface area contributed by atoms with Crippen LogP contribution < -0.4 is 4.74 Å². The summed E-state index contributed by atoms with van der Waals surface area (Å²) in [5, 5.41) is 0. The van der Waals surface area contributed by atoms with Gasteiger partial charge in [-0.1, -0.05) is 42.5 Å². The molecule has 0 bridgehead atoms. The second-order valence-electron chi connectivity index (χ2n) is 4.91. The second-order valence-corrected chi connectivity index (χ2v) is 7.36. The molecule has 25 heavy (non-hydrogen) atoms. The maximum atomic E-state index is 10.9. The summed E-state index contributed by atoms with van der Waals surface area (Å²) in [6.07, 6.45) is 0.0173. The zero-order chi connectivity index (χ0) is 18.7. The van der Waals surface area contributed by atoms with Gasteiger partial charge in [0.1, 0.15) is 5.75 Å². The summed E-state index contributed by atoms with van der Waals surface area (Å²) in [5.41, 5.74) is 2.52. The van der Waals surface area contributed by atoms with E-state index in [9.17, 15) is 13.2 Å². The number of carbonyl (C=O) groups is 1. The third-order valence-corrected chi connectivity index (χ3v) is 3.75. The zero-order valence-corrected chi connectivity index (χ0v) is 15.5. The fourth-order valence-electron chi connectivity index (χ4n) is 1.65. The number of hydrogen-bond donors (Lipinski definition) is 1. The third-order valence-electron chi connectivity index (χ3n) is 2.67. The first kappa shape index (κ1) is 21.0. The number of rotatable bonds is 5. The van der Waals surface area contributed by atoms with Crippen LogP contribution in [0.5, 0.6) is 5.75 Å². The lowest BCUT2D eigenvalue weighted by Crippen LogP contribution is -2.06. The average Bonchev–Trinajstić information content (AvgIpc) is 2.56. The van der Waals surface area contributed by atoms with Gasteiger partial charge in [-0.2, -0.15) is 20.2 Å². The van der Waals surface area contributed by atoms with E-state index in [2.05, 4.69) is 29.0 Å². The van der Waals surface area contributed by atoms with E-state index in [1.54, 1.807) is 12.1 Å². The van der Waals surface area contributed by atoms with E-state index in [4.69, 9.17) is 9.29 Å². The molecule has 0 radical (unpaired) electrons. The molecule has 0 unspecified atom stereocenters. The molecule has 0 amide bonds. The predicted octanol–water partition coefficient (Wildman–Crippen LogP) is 3.77. The molecule has 0 fully saturated rings. The molecule has 2 aromatic rings. The Hall–Kier alpha value is -2.03. The van der Waals surface area contributed by atoms with Crippen LogP contribution in [-0.2, 0) is 26.4 Å². The molecule has 0 heterocycles. The largest absolute Gasteiger partial charge is 0.513 e. The normalized spacial score (nSPS) is 10.4. The molecule has 2 aromatic carbocycles. The van der Waals surface area contributed by atoms with Crippen LogP contribution in [0.25, 0.3) is 0 Å². The molecule has 0 aliphatic carbocycles. The van der Waals surface area contributed by atoms with Crippen LogP contribution >= 0.6 is 11.8 Å². The summed E-state index contributed by atoms with van der Waals surface area (Å²) in [6, 6.07) is 17.8. The van der Waals surface area contributed by atoms with Crippen molar-refractivity contribution in [2.24, 2.45) is 0 Å². The molecule has 1 N–H and O–H groups in total. The molecule has 0 saturated heterocycles. The summed E-state index contributed by atoms with van der Waals surface area (Å²) in [7, 11) is -2.38. The lowest BCUT2D eigenvalue weighted by Gasteiger charge is -2.05. The highest BCUT2D eigenvalue weighted by molar-refractivity contribution is 7.97. The van der Waals surface area contributed by atoms with Gasteiger partial charge >= 0.3 is 6.16 Å². The maximum Gasteiger partial charge on any atom is 0.513 e. The highest BCUT2D eigenvalue weighted by atomic mass is 32.2. The fourth-order valence-corrected chi connectivity index (χ4v) is 2.61. The van der Waals surface area contributed by atoms with E-state index >= 15 is 0 Å². The number of ether oxygens (including phenoxy) is 2. The van der Waals surface area contributed by atoms with Crippen LogP contribution in [0.15, 0.2) is 54.6 Å². The van der Waals surface area contributed by atoms with Gasteiger partial charge in [0.25, 0.3) is 10.1 Å². The lowest BCUT2D eigenvalue weighted by atomic mass is 10.2. The Balaban J connectivity index is 0.000000550. The Morgan fingerprint density at radius 2 is 1.48 bits per heavy atom. The van der Waals surface area contributed by atoms with Gasteiger partial charge in [-0.05, 0) is 23.3 Å². The van der Waals surface area contributed by atoms with Crippen LogP contribution in [0.3, 0.4) is 0 Å². The van der Waals surface area contributed by atoms with Crippen molar-refractivity contribution in [1.29, 1.82) is 0 Å². The van der Waals surface area contributed by atoms with Gasteiger partial charge in [0.2, 0.25) is 0 Å². The van der Waals surface area contributed by atoms with Crippen LogP contribution in [0.4, 0.5) is 4.79 Å². The molecular weight excluding hydrogens is 364 g/mol. The van der Waals surface area contributed by atoms with Crippen molar-refractivity contribution in [1.82, 2.24) is 0 Å². The summed E-state index contributed by atoms with van der Waals surface area (Å²) < 4.78 is 35.2. The van der Waals surface area contributed by atoms with Crippen molar-refractivity contribution in [3.05, 3.63) is 65.7 Å². The lowest BCUT2D eigenvalue weighted by molar-refractivity contribution is 0.121. The molecule has 0 aromatic heterocycles. The Bertz CT molecular complexity index is 734. The van der Waals surface area contributed by atoms with Crippen LogP contribution in [-0.4, -0.2) is 32.5 Å². The minimum atomic E-state index is -3.67. The van der Waals surface area contributed by atoms with Crippen molar-refractivity contribution in [2.75, 3.05) is 13.4 Å². The van der Waals surface area contributed by atoms with E-state index in [1.807, 2.05) is 30.0 Å². The number of thioether (sulfide) groups is 1. The van der Waals surface area contributed by atoms with Gasteiger partial charge in [-0.3, -0.25) is 4.55 Å². The standard InChI is InChI=1S/C16H16O3S.CH4O3S/c1-18-16(17)19-15-9-7-14(8-10-15)12-20-11-13-5-3-2-4-6-13;1-5(2,3)4/h2-10H,11-12H2,1H3;1H3,(H,2,3,4). The summed E-state index contributed by atoms with van der Waals surface area (Å²) in [4.78, 5) is 10.9. The van der Waals surface area contributed by atoms with Gasteiger partial charge in [0.05, 0.1) is 13.4 Å². The van der Waals surface area contributed by atoms with Crippen molar-refractivity contribution in [3.8, 4) is 5.75 Å². The second kappa shape index (κ2) is 10.8. The Morgan fingerprint density at radius 3 is 1.96 bits per heavy atom. The Morgan fingerprint density at radius 1 is 1.00 bits per heavy atom. The minimum Gasteiger partial charge on any atom is -0.437 e. The van der Waals surface area contributed by atoms with Crippen LogP contribution in [0.2, 0.25) is 0 Å². The highest BCUT2D eigenvalue weighted by Crippen LogP contribution is 2.20. The minimum absolute atomic E-state index is 0.494. The Kier molecular flexibility index (Phi) is 9.04. The van der Waals surface area contributed by atoms with Gasteiger partial charge in [-0.15, -0.1) is 0 Å². The maximum absolute atomic E-state index is 10.9. The topological polar surface area (TPSA) is 89.9 Å². The summed E-state index contributed by atoms with van der Waals surface area (Å²) in [5.74, 6) is 2.41. The molecule has 6 nitrogen and oxygen atoms in total. The van der Waals surface area contributed by atoms with Crippen molar-refractivity contribution in [3.63, 3.8) is 0 Å². The van der Waals surface area contributed by atoms with Crippen molar-refractivity contribution >= 4 is 28.0 Å². The van der Waals surface area contributed by atoms with Gasteiger partial charge in [0.15, 0.2) is 0 Å². The first-order chi connectivity index (χ1) is 11.8. The Labute approximate surface area is 151 Å². The fraction of sp³-hybridized carbons (Fsp3) is 0.235. The number of carbonyl (C=O) groups excluding carboxylic acids is 1. The van der Waals surface area contributed by atoms with Gasteiger partial charge < -0.3 is 9.47 Å². The van der Waals surface area contributed by atoms with E-state index in [1.165, 1.54) is 18.2 Å². The predicted molar refractivity (Wildman–Crippen MR) is 98.4 cm³/mol. The van der Waals surface area contributed by atoms with Gasteiger partial charge in [-0.25, -0.2) is 4.79 Å². The quantitative estimate of drug-likeness (QED) is 0.477. The van der Waals surface area contributed by atoms with E-state index in [0.717, 1.165) is 11.5 Å². The first-order valence-electron chi connectivity index (χ1n) is 7.17. The summed E-state index contributed by atoms with van der Waals surface area (Å²) in [6.45, 7) is 0. The van der Waals surface area contributed by atoms with Crippen molar-refractivity contribution in [2.45, 2.75) is 11.5 Å². The molecule has 0 atom stereocenters. The number of benzene rings is 2. The SMILES string of the molecule is COC(=O)Oc1ccc(CSCc2ccccc2)cc1.CS(=O)(=O)O. The van der Waals surface area contributed by atoms with E-state index in [0.29, 0.717) is 12.0 Å².